The van der Waals surface area contributed by atoms with Crippen LogP contribution in [0.3, 0.4) is 0 Å². The van der Waals surface area contributed by atoms with Gasteiger partial charge in [0, 0.05) is 12.2 Å². The Labute approximate surface area is 69.2 Å². The highest BCUT2D eigenvalue weighted by Crippen LogP contribution is 2.12. The molecule has 0 aromatic carbocycles. The van der Waals surface area contributed by atoms with Crippen LogP contribution >= 0.6 is 0 Å². The summed E-state index contributed by atoms with van der Waals surface area (Å²) in [7, 11) is 0. The molecule has 1 aliphatic heterocycles. The first-order valence-corrected chi connectivity index (χ1v) is 4.37. The molecule has 0 spiro atoms. The highest BCUT2D eigenvalue weighted by Gasteiger charge is 2.09. The molecule has 0 saturated heterocycles. The van der Waals surface area contributed by atoms with Crippen molar-refractivity contribution in [2.45, 2.75) is 33.2 Å². The lowest BCUT2D eigenvalue weighted by molar-refractivity contribution is 0.509. The molecule has 1 atom stereocenters. The average Bonchev–Trinajstić information content (AvgIpc) is 2.05. The van der Waals surface area contributed by atoms with Crippen LogP contribution in [0.4, 0.5) is 0 Å². The molecule has 1 heterocycles. The number of dihydropyridines is 1. The molecule has 0 radical (unpaired) electrons. The van der Waals surface area contributed by atoms with E-state index in [1.807, 2.05) is 0 Å². The van der Waals surface area contributed by atoms with Crippen LogP contribution in [0.15, 0.2) is 23.9 Å². The molecule has 0 aliphatic carbocycles. The summed E-state index contributed by atoms with van der Waals surface area (Å²) in [4.78, 5) is 0. The number of allylic oxidation sites excluding steroid dienone is 2. The van der Waals surface area contributed by atoms with E-state index in [9.17, 15) is 0 Å². The fourth-order valence-electron chi connectivity index (χ4n) is 1.17. The van der Waals surface area contributed by atoms with Gasteiger partial charge in [0.05, 0.1) is 0 Å². The summed E-state index contributed by atoms with van der Waals surface area (Å²) < 4.78 is 0. The van der Waals surface area contributed by atoms with Gasteiger partial charge in [-0.2, -0.15) is 0 Å². The van der Waals surface area contributed by atoms with Crippen LogP contribution in [0.5, 0.6) is 0 Å². The van der Waals surface area contributed by atoms with E-state index in [1.54, 1.807) is 0 Å². The number of nitrogens with one attached hydrogen (secondary N) is 1. The predicted octanol–water partition coefficient (Wildman–Crippen LogP) is 2.46. The fraction of sp³-hybridized carbons (Fsp3) is 0.600. The first kappa shape index (κ1) is 8.38. The van der Waals surface area contributed by atoms with Gasteiger partial charge >= 0.3 is 0 Å². The van der Waals surface area contributed by atoms with Crippen LogP contribution in [0.1, 0.15) is 27.2 Å². The van der Waals surface area contributed by atoms with Gasteiger partial charge in [0.1, 0.15) is 0 Å². The molecule has 0 bridgehead atoms. The molecule has 1 unspecified atom stereocenters. The molecule has 11 heavy (non-hydrogen) atoms. The molecule has 1 heteroatoms. The van der Waals surface area contributed by atoms with Gasteiger partial charge < -0.3 is 5.32 Å². The first-order chi connectivity index (χ1) is 5.24. The zero-order valence-electron chi connectivity index (χ0n) is 7.59. The SMILES string of the molecule is CCC1=CNC(C(C)C)C=C1. The summed E-state index contributed by atoms with van der Waals surface area (Å²) >= 11 is 0. The molecule has 0 fully saturated rings. The quantitative estimate of drug-likeness (QED) is 0.639. The topological polar surface area (TPSA) is 12.0 Å². The smallest absolute Gasteiger partial charge is 0.0465 e. The van der Waals surface area contributed by atoms with Crippen molar-refractivity contribution in [3.63, 3.8) is 0 Å². The van der Waals surface area contributed by atoms with E-state index in [-0.39, 0.29) is 0 Å². The molecular formula is C10H17N. The third-order valence-electron chi connectivity index (χ3n) is 2.11. The maximum atomic E-state index is 3.37. The van der Waals surface area contributed by atoms with Gasteiger partial charge in [0.2, 0.25) is 0 Å². The molecule has 1 N–H and O–H groups in total. The van der Waals surface area contributed by atoms with Gasteiger partial charge in [-0.15, -0.1) is 0 Å². The maximum Gasteiger partial charge on any atom is 0.0465 e. The summed E-state index contributed by atoms with van der Waals surface area (Å²) in [5.41, 5.74) is 1.39. The third-order valence-corrected chi connectivity index (χ3v) is 2.11. The van der Waals surface area contributed by atoms with Crippen LogP contribution in [0.2, 0.25) is 0 Å². The van der Waals surface area contributed by atoms with Gasteiger partial charge in [-0.3, -0.25) is 0 Å². The first-order valence-electron chi connectivity index (χ1n) is 4.37. The second-order valence-electron chi connectivity index (χ2n) is 3.37. The molecule has 0 amide bonds. The van der Waals surface area contributed by atoms with E-state index in [0.717, 1.165) is 6.42 Å². The summed E-state index contributed by atoms with van der Waals surface area (Å²) in [6.07, 6.45) is 7.73. The molecule has 0 aromatic heterocycles. The van der Waals surface area contributed by atoms with E-state index >= 15 is 0 Å². The second-order valence-corrected chi connectivity index (χ2v) is 3.37. The Morgan fingerprint density at radius 1 is 1.55 bits per heavy atom. The number of hydrogen-bond donors (Lipinski definition) is 1. The zero-order valence-corrected chi connectivity index (χ0v) is 7.59. The summed E-state index contributed by atoms with van der Waals surface area (Å²) in [5, 5.41) is 3.37. The lowest BCUT2D eigenvalue weighted by Crippen LogP contribution is -2.29. The zero-order chi connectivity index (χ0) is 8.27. The summed E-state index contributed by atoms with van der Waals surface area (Å²) in [6, 6.07) is 0.533. The van der Waals surface area contributed by atoms with Crippen LogP contribution < -0.4 is 5.32 Å². The molecule has 1 rings (SSSR count). The monoisotopic (exact) mass is 151 g/mol. The highest BCUT2D eigenvalue weighted by molar-refractivity contribution is 5.23. The lowest BCUT2D eigenvalue weighted by Gasteiger charge is -2.21. The van der Waals surface area contributed by atoms with Crippen molar-refractivity contribution in [3.8, 4) is 0 Å². The molecule has 1 aliphatic rings. The summed E-state index contributed by atoms with van der Waals surface area (Å²) in [5.74, 6) is 0.681. The van der Waals surface area contributed by atoms with E-state index in [2.05, 4.69) is 44.4 Å². The van der Waals surface area contributed by atoms with Gasteiger partial charge in [-0.25, -0.2) is 0 Å². The van der Waals surface area contributed by atoms with Gasteiger partial charge in [-0.1, -0.05) is 32.9 Å². The van der Waals surface area contributed by atoms with E-state index in [1.165, 1.54) is 5.57 Å². The number of rotatable bonds is 2. The van der Waals surface area contributed by atoms with E-state index in [4.69, 9.17) is 0 Å². The predicted molar refractivity (Wildman–Crippen MR) is 49.3 cm³/mol. The normalized spacial score (nSPS) is 23.3. The Balaban J connectivity index is 2.50. The van der Waals surface area contributed by atoms with Gasteiger partial charge in [-0.05, 0) is 17.9 Å². The molecule has 0 saturated carbocycles. The van der Waals surface area contributed by atoms with Crippen molar-refractivity contribution in [2.24, 2.45) is 5.92 Å². The Bertz CT molecular complexity index is 177. The van der Waals surface area contributed by atoms with Crippen molar-refractivity contribution < 1.29 is 0 Å². The molecule has 62 valence electrons. The molecular weight excluding hydrogens is 134 g/mol. The van der Waals surface area contributed by atoms with Gasteiger partial charge in [0.15, 0.2) is 0 Å². The molecule has 0 aromatic rings. The Morgan fingerprint density at radius 2 is 2.27 bits per heavy atom. The van der Waals surface area contributed by atoms with Crippen LogP contribution in [-0.4, -0.2) is 6.04 Å². The van der Waals surface area contributed by atoms with Crippen molar-refractivity contribution in [1.29, 1.82) is 0 Å². The highest BCUT2D eigenvalue weighted by atomic mass is 14.9. The Morgan fingerprint density at radius 3 is 2.64 bits per heavy atom. The summed E-state index contributed by atoms with van der Waals surface area (Å²) in [6.45, 7) is 6.63. The van der Waals surface area contributed by atoms with Crippen LogP contribution in [0.25, 0.3) is 0 Å². The fourth-order valence-corrected chi connectivity index (χ4v) is 1.17. The van der Waals surface area contributed by atoms with E-state index in [0.29, 0.717) is 12.0 Å². The third kappa shape index (κ3) is 2.11. The van der Waals surface area contributed by atoms with Crippen LogP contribution in [-0.2, 0) is 0 Å². The van der Waals surface area contributed by atoms with Crippen molar-refractivity contribution in [2.75, 3.05) is 0 Å². The number of hydrogen-bond acceptors (Lipinski definition) is 1. The Kier molecular flexibility index (Phi) is 2.75. The minimum atomic E-state index is 0.533. The van der Waals surface area contributed by atoms with Gasteiger partial charge in [0.25, 0.3) is 0 Å². The molecule has 1 nitrogen and oxygen atoms in total. The standard InChI is InChI=1S/C10H17N/c1-4-9-5-6-10(8(2)3)11-7-9/h5-8,10-11H,4H2,1-3H3. The van der Waals surface area contributed by atoms with Crippen molar-refractivity contribution >= 4 is 0 Å². The van der Waals surface area contributed by atoms with E-state index < -0.39 is 0 Å². The minimum Gasteiger partial charge on any atom is -0.384 e. The Hall–Kier alpha value is -0.720. The van der Waals surface area contributed by atoms with Crippen molar-refractivity contribution in [3.05, 3.63) is 23.9 Å². The van der Waals surface area contributed by atoms with Crippen LogP contribution in [0, 0.1) is 5.92 Å². The largest absolute Gasteiger partial charge is 0.384 e. The van der Waals surface area contributed by atoms with Crippen molar-refractivity contribution in [1.82, 2.24) is 5.32 Å². The minimum absolute atomic E-state index is 0.533. The lowest BCUT2D eigenvalue weighted by atomic mass is 10.00. The average molecular weight is 151 g/mol. The second kappa shape index (κ2) is 3.61. The maximum absolute atomic E-state index is 3.37.